The number of benzene rings is 1. The molecule has 60 valence electrons. The summed E-state index contributed by atoms with van der Waals surface area (Å²) in [7, 11) is 0. The monoisotopic (exact) mass is 156 g/mol. The molecule has 0 radical (unpaired) electrons. The van der Waals surface area contributed by atoms with E-state index in [0.29, 0.717) is 6.10 Å². The molecular weight excluding hydrogens is 143 g/mol. The Kier molecular flexibility index (Phi) is 3.88. The van der Waals surface area contributed by atoms with Gasteiger partial charge in [-0.2, -0.15) is 0 Å². The van der Waals surface area contributed by atoms with E-state index >= 15 is 0 Å². The Morgan fingerprint density at radius 1 is 1.25 bits per heavy atom. The molecule has 1 fully saturated rings. The molecule has 0 spiro atoms. The fraction of sp³-hybridized carbons (Fsp3) is 0.400. The van der Waals surface area contributed by atoms with Crippen LogP contribution in [0.2, 0.25) is 0 Å². The Morgan fingerprint density at radius 3 is 2.58 bits per heavy atom. The van der Waals surface area contributed by atoms with Crippen LogP contribution in [0.4, 0.5) is 0 Å². The van der Waals surface area contributed by atoms with Crippen LogP contribution in [0, 0.1) is 0 Å². The van der Waals surface area contributed by atoms with E-state index in [-0.39, 0.29) is 20.3 Å². The molecule has 1 nitrogen and oxygen atoms in total. The summed E-state index contributed by atoms with van der Waals surface area (Å²) in [6, 6.07) is 10.4. The predicted molar refractivity (Wildman–Crippen MR) is 45.5 cm³/mol. The van der Waals surface area contributed by atoms with Crippen molar-refractivity contribution >= 4 is 0 Å². The Morgan fingerprint density at radius 2 is 2.00 bits per heavy atom. The van der Waals surface area contributed by atoms with Crippen LogP contribution in [0.25, 0.3) is 0 Å². The second-order valence-corrected chi connectivity index (χ2v) is 2.91. The van der Waals surface area contributed by atoms with Crippen molar-refractivity contribution < 1.29 is 25.0 Å². The van der Waals surface area contributed by atoms with Gasteiger partial charge in [0.05, 0.1) is 6.10 Å². The third-order valence-electron chi connectivity index (χ3n) is 2.10. The molecule has 0 bridgehead atoms. The second-order valence-electron chi connectivity index (χ2n) is 2.91. The van der Waals surface area contributed by atoms with Crippen LogP contribution in [0.5, 0.6) is 0 Å². The molecule has 12 heavy (non-hydrogen) atoms. The molecule has 0 N–H and O–H groups in total. The van der Waals surface area contributed by atoms with Crippen LogP contribution >= 0.6 is 0 Å². The van der Waals surface area contributed by atoms with Crippen molar-refractivity contribution in [3.63, 3.8) is 0 Å². The molecule has 0 aliphatic carbocycles. The van der Waals surface area contributed by atoms with Gasteiger partial charge in [-0.15, -0.1) is 0 Å². The van der Waals surface area contributed by atoms with E-state index in [0.717, 1.165) is 6.61 Å². The molecule has 1 aliphatic rings. The van der Waals surface area contributed by atoms with Gasteiger partial charge >= 0.3 is 18.9 Å². The Balaban J connectivity index is 0.000000720. The molecule has 1 aliphatic heterocycles. The Bertz CT molecular complexity index is 222. The maximum absolute atomic E-state index is 5.54. The van der Waals surface area contributed by atoms with Crippen LogP contribution in [0.3, 0.4) is 0 Å². The van der Waals surface area contributed by atoms with Crippen molar-refractivity contribution in [3.8, 4) is 0 Å². The van der Waals surface area contributed by atoms with Gasteiger partial charge in [-0.05, 0) is 18.4 Å². The normalized spacial score (nSPS) is 21.8. The van der Waals surface area contributed by atoms with Gasteiger partial charge in [0.25, 0.3) is 0 Å². The fourth-order valence-electron chi connectivity index (χ4n) is 1.51. The first-order valence-corrected chi connectivity index (χ1v) is 4.13. The van der Waals surface area contributed by atoms with Gasteiger partial charge in [0, 0.05) is 6.61 Å². The molecule has 1 unspecified atom stereocenters. The summed E-state index contributed by atoms with van der Waals surface area (Å²) in [4.78, 5) is 0. The zero-order valence-electron chi connectivity index (χ0n) is 8.49. The van der Waals surface area contributed by atoms with Crippen molar-refractivity contribution in [2.45, 2.75) is 18.9 Å². The van der Waals surface area contributed by atoms with Gasteiger partial charge in [0.2, 0.25) is 0 Å². The number of hydrogen-bond acceptors (Lipinski definition) is 1. The molecule has 1 saturated heterocycles. The van der Waals surface area contributed by atoms with E-state index < -0.39 is 0 Å². The van der Waals surface area contributed by atoms with E-state index in [1.807, 2.05) is 6.07 Å². The summed E-state index contributed by atoms with van der Waals surface area (Å²) >= 11 is 0. The van der Waals surface area contributed by atoms with E-state index in [2.05, 4.69) is 24.3 Å². The summed E-state index contributed by atoms with van der Waals surface area (Å²) < 4.78 is 5.54. The Hall–Kier alpha value is -0.223. The molecule has 1 heterocycles. The van der Waals surface area contributed by atoms with Crippen molar-refractivity contribution in [1.82, 2.24) is 0 Å². The number of rotatable bonds is 1. The largest absolute Gasteiger partial charge is 1.00 e. The molecule has 1 aromatic rings. The summed E-state index contributed by atoms with van der Waals surface area (Å²) in [5, 5.41) is 0. The van der Waals surface area contributed by atoms with Crippen LogP contribution in [0.1, 0.15) is 25.9 Å². The minimum absolute atomic E-state index is 0. The van der Waals surface area contributed by atoms with E-state index in [1.165, 1.54) is 18.4 Å². The summed E-state index contributed by atoms with van der Waals surface area (Å²) in [5.74, 6) is 0. The summed E-state index contributed by atoms with van der Waals surface area (Å²) in [6.45, 7) is 0.930. The first kappa shape index (κ1) is 9.86. The van der Waals surface area contributed by atoms with Crippen molar-refractivity contribution in [2.24, 2.45) is 0 Å². The smallest absolute Gasteiger partial charge is 1.00 e. The first-order valence-electron chi connectivity index (χ1n) is 4.13. The van der Waals surface area contributed by atoms with Crippen LogP contribution in [-0.2, 0) is 4.74 Å². The number of hydrogen-bond donors (Lipinski definition) is 0. The molecule has 0 saturated carbocycles. The average molecular weight is 156 g/mol. The van der Waals surface area contributed by atoms with Crippen molar-refractivity contribution in [2.75, 3.05) is 6.61 Å². The predicted octanol–water partition coefficient (Wildman–Crippen LogP) is -0.345. The summed E-state index contributed by atoms with van der Waals surface area (Å²) in [5.41, 5.74) is 1.32. The van der Waals surface area contributed by atoms with Crippen LogP contribution in [0.15, 0.2) is 30.3 Å². The minimum atomic E-state index is 0. The van der Waals surface area contributed by atoms with Gasteiger partial charge in [-0.25, -0.2) is 0 Å². The SMILES string of the molecule is [H-].[Li+].c1ccc(C2CCCO2)cc1. The van der Waals surface area contributed by atoms with Crippen molar-refractivity contribution in [3.05, 3.63) is 35.9 Å². The second kappa shape index (κ2) is 4.72. The first-order chi connectivity index (χ1) is 5.47. The van der Waals surface area contributed by atoms with Gasteiger partial charge < -0.3 is 6.16 Å². The maximum atomic E-state index is 5.54. The van der Waals surface area contributed by atoms with Gasteiger partial charge in [0.15, 0.2) is 0 Å². The summed E-state index contributed by atoms with van der Waals surface area (Å²) in [6.07, 6.45) is 2.76. The Labute approximate surface area is 86.8 Å². The van der Waals surface area contributed by atoms with Crippen LogP contribution < -0.4 is 18.9 Å². The topological polar surface area (TPSA) is 9.23 Å². The fourth-order valence-corrected chi connectivity index (χ4v) is 1.51. The minimum Gasteiger partial charge on any atom is -1.00 e. The molecule has 0 aromatic heterocycles. The van der Waals surface area contributed by atoms with E-state index in [9.17, 15) is 0 Å². The maximum Gasteiger partial charge on any atom is 1.00 e. The molecule has 0 amide bonds. The standard InChI is InChI=1S/C10H12O.Li.H/c1-2-5-9(6-3-1)10-7-4-8-11-10;;/h1-3,5-6,10H,4,7-8H2;;/q;+1;-1. The molecule has 2 rings (SSSR count). The van der Waals surface area contributed by atoms with Crippen LogP contribution in [-0.4, -0.2) is 6.61 Å². The van der Waals surface area contributed by atoms with Gasteiger partial charge in [-0.1, -0.05) is 30.3 Å². The quantitative estimate of drug-likeness (QED) is 0.505. The molecule has 1 atom stereocenters. The number of ether oxygens (including phenoxy) is 1. The molecule has 2 heteroatoms. The van der Waals surface area contributed by atoms with Crippen molar-refractivity contribution in [1.29, 1.82) is 0 Å². The zero-order chi connectivity index (χ0) is 7.52. The van der Waals surface area contributed by atoms with E-state index in [4.69, 9.17) is 4.74 Å². The van der Waals surface area contributed by atoms with Gasteiger partial charge in [-0.3, -0.25) is 0 Å². The average Bonchev–Trinajstić information content (AvgIpc) is 2.58. The molecular formula is C10H13LiO. The van der Waals surface area contributed by atoms with E-state index in [1.54, 1.807) is 0 Å². The third kappa shape index (κ3) is 2.14. The van der Waals surface area contributed by atoms with Gasteiger partial charge in [0.1, 0.15) is 0 Å². The zero-order valence-corrected chi connectivity index (χ0v) is 7.49. The third-order valence-corrected chi connectivity index (χ3v) is 2.10. The molecule has 1 aromatic carbocycles.